The van der Waals surface area contributed by atoms with Crippen molar-refractivity contribution >= 4 is 40.5 Å². The number of hydrogen-bond donors (Lipinski definition) is 1. The third-order valence-electron chi connectivity index (χ3n) is 1.40. The fourth-order valence-corrected chi connectivity index (χ4v) is 1.34. The predicted molar refractivity (Wildman–Crippen MR) is 57.1 cm³/mol. The molecule has 0 unspecified atom stereocenters. The van der Waals surface area contributed by atoms with E-state index in [4.69, 9.17) is 45.3 Å². The van der Waals surface area contributed by atoms with E-state index in [1.807, 2.05) is 0 Å². The van der Waals surface area contributed by atoms with E-state index >= 15 is 0 Å². The van der Waals surface area contributed by atoms with Crippen molar-refractivity contribution in [1.29, 1.82) is 0 Å². The van der Waals surface area contributed by atoms with Crippen molar-refractivity contribution < 1.29 is 4.74 Å². The van der Waals surface area contributed by atoms with E-state index < -0.39 is 0 Å². The molecule has 2 nitrogen and oxygen atoms in total. The summed E-state index contributed by atoms with van der Waals surface area (Å²) < 4.78 is 5.22. The van der Waals surface area contributed by atoms with Crippen LogP contribution in [0.15, 0.2) is 12.1 Å². The summed E-state index contributed by atoms with van der Waals surface area (Å²) in [6.45, 7) is 0.415. The fraction of sp³-hybridized carbons (Fsp3) is 0.250. The Morgan fingerprint density at radius 1 is 1.23 bits per heavy atom. The maximum Gasteiger partial charge on any atom is 0.122 e. The third kappa shape index (κ3) is 2.83. The number of benzene rings is 1. The zero-order chi connectivity index (χ0) is 9.84. The molecule has 0 aliphatic heterocycles. The second-order valence-electron chi connectivity index (χ2n) is 2.34. The Balaban J connectivity index is 2.86. The Morgan fingerprint density at radius 2 is 1.77 bits per heavy atom. The fourth-order valence-electron chi connectivity index (χ4n) is 0.801. The summed E-state index contributed by atoms with van der Waals surface area (Å²) in [7, 11) is 0. The summed E-state index contributed by atoms with van der Waals surface area (Å²) in [5.41, 5.74) is 5.90. The molecule has 0 aliphatic carbocycles. The SMILES string of the molecule is Nc1c(Cl)cc(OCCCl)cc1Cl. The molecule has 0 atom stereocenters. The number of nitrogens with two attached hydrogens (primary N) is 1. The summed E-state index contributed by atoms with van der Waals surface area (Å²) >= 11 is 17.0. The van der Waals surface area contributed by atoms with E-state index in [-0.39, 0.29) is 0 Å². The lowest BCUT2D eigenvalue weighted by Crippen LogP contribution is -1.98. The molecule has 0 radical (unpaired) electrons. The van der Waals surface area contributed by atoms with Crippen molar-refractivity contribution in [2.75, 3.05) is 18.2 Å². The molecule has 0 saturated heterocycles. The minimum atomic E-state index is 0.363. The molecule has 0 aliphatic rings. The van der Waals surface area contributed by atoms with Crippen LogP contribution in [0.3, 0.4) is 0 Å². The molecule has 0 saturated carbocycles. The van der Waals surface area contributed by atoms with Gasteiger partial charge in [0.25, 0.3) is 0 Å². The van der Waals surface area contributed by atoms with Crippen molar-refractivity contribution in [2.45, 2.75) is 0 Å². The van der Waals surface area contributed by atoms with Crippen LogP contribution in [0.5, 0.6) is 5.75 Å². The molecule has 0 fully saturated rings. The zero-order valence-electron chi connectivity index (χ0n) is 6.69. The number of anilines is 1. The highest BCUT2D eigenvalue weighted by atomic mass is 35.5. The van der Waals surface area contributed by atoms with Crippen LogP contribution in [0.4, 0.5) is 5.69 Å². The van der Waals surface area contributed by atoms with E-state index in [0.29, 0.717) is 34.0 Å². The summed E-state index contributed by atoms with van der Waals surface area (Å²) in [6.07, 6.45) is 0. The highest BCUT2D eigenvalue weighted by molar-refractivity contribution is 6.39. The standard InChI is InChI=1S/C8H8Cl3NO/c9-1-2-13-5-3-6(10)8(12)7(11)4-5/h3-4H,1-2,12H2. The van der Waals surface area contributed by atoms with Gasteiger partial charge in [-0.05, 0) is 0 Å². The number of hydrogen-bond acceptors (Lipinski definition) is 2. The van der Waals surface area contributed by atoms with Crippen LogP contribution in [-0.4, -0.2) is 12.5 Å². The minimum Gasteiger partial charge on any atom is -0.492 e. The number of rotatable bonds is 3. The molecule has 2 N–H and O–H groups in total. The predicted octanol–water partition coefficient (Wildman–Crippen LogP) is 3.19. The van der Waals surface area contributed by atoms with Gasteiger partial charge in [0.1, 0.15) is 12.4 Å². The van der Waals surface area contributed by atoms with Gasteiger partial charge in [0.2, 0.25) is 0 Å². The summed E-state index contributed by atoms with van der Waals surface area (Å²) in [5, 5.41) is 0.772. The summed E-state index contributed by atoms with van der Waals surface area (Å²) in [4.78, 5) is 0. The van der Waals surface area contributed by atoms with Gasteiger partial charge in [-0.1, -0.05) is 23.2 Å². The van der Waals surface area contributed by atoms with E-state index in [1.165, 1.54) is 0 Å². The van der Waals surface area contributed by atoms with Crippen LogP contribution in [0.2, 0.25) is 10.0 Å². The Kier molecular flexibility index (Phi) is 3.97. The average Bonchev–Trinajstić information content (AvgIpc) is 2.10. The smallest absolute Gasteiger partial charge is 0.122 e. The van der Waals surface area contributed by atoms with Gasteiger partial charge in [0, 0.05) is 12.1 Å². The topological polar surface area (TPSA) is 35.2 Å². The number of ether oxygens (including phenoxy) is 1. The molecule has 0 bridgehead atoms. The van der Waals surface area contributed by atoms with E-state index in [2.05, 4.69) is 0 Å². The maximum absolute atomic E-state index is 5.78. The lowest BCUT2D eigenvalue weighted by Gasteiger charge is -2.07. The first kappa shape index (κ1) is 10.8. The second kappa shape index (κ2) is 4.80. The van der Waals surface area contributed by atoms with Crippen LogP contribution < -0.4 is 10.5 Å². The lowest BCUT2D eigenvalue weighted by atomic mass is 10.3. The summed E-state index contributed by atoms with van der Waals surface area (Å²) in [5.74, 6) is 0.990. The van der Waals surface area contributed by atoms with Crippen molar-refractivity contribution in [3.63, 3.8) is 0 Å². The van der Waals surface area contributed by atoms with Crippen LogP contribution in [-0.2, 0) is 0 Å². The van der Waals surface area contributed by atoms with E-state index in [0.717, 1.165) is 0 Å². The highest BCUT2D eigenvalue weighted by Crippen LogP contribution is 2.32. The first-order valence-electron chi connectivity index (χ1n) is 3.58. The zero-order valence-corrected chi connectivity index (χ0v) is 8.96. The molecular weight excluding hydrogens is 232 g/mol. The van der Waals surface area contributed by atoms with Crippen LogP contribution in [0.25, 0.3) is 0 Å². The van der Waals surface area contributed by atoms with Crippen LogP contribution in [0.1, 0.15) is 0 Å². The molecule has 0 amide bonds. The van der Waals surface area contributed by atoms with Crippen molar-refractivity contribution in [3.05, 3.63) is 22.2 Å². The molecule has 1 aromatic rings. The van der Waals surface area contributed by atoms with Gasteiger partial charge in [0.05, 0.1) is 21.6 Å². The minimum absolute atomic E-state index is 0.363. The quantitative estimate of drug-likeness (QED) is 0.650. The number of nitrogen functional groups attached to an aromatic ring is 1. The van der Waals surface area contributed by atoms with E-state index in [1.54, 1.807) is 12.1 Å². The van der Waals surface area contributed by atoms with Gasteiger partial charge < -0.3 is 10.5 Å². The Bertz CT molecular complexity index is 280. The van der Waals surface area contributed by atoms with Crippen LogP contribution >= 0.6 is 34.8 Å². The largest absolute Gasteiger partial charge is 0.492 e. The molecule has 0 spiro atoms. The Labute approximate surface area is 91.5 Å². The van der Waals surface area contributed by atoms with Gasteiger partial charge in [0.15, 0.2) is 0 Å². The molecule has 13 heavy (non-hydrogen) atoms. The third-order valence-corrected chi connectivity index (χ3v) is 2.18. The Hall–Kier alpha value is -0.310. The van der Waals surface area contributed by atoms with Gasteiger partial charge in [-0.2, -0.15) is 0 Å². The summed E-state index contributed by atoms with van der Waals surface area (Å²) in [6, 6.07) is 3.21. The Morgan fingerprint density at radius 3 is 2.23 bits per heavy atom. The monoisotopic (exact) mass is 239 g/mol. The maximum atomic E-state index is 5.78. The van der Waals surface area contributed by atoms with Gasteiger partial charge in [-0.3, -0.25) is 0 Å². The normalized spacial score (nSPS) is 10.1. The first-order valence-corrected chi connectivity index (χ1v) is 4.87. The van der Waals surface area contributed by atoms with E-state index in [9.17, 15) is 0 Å². The molecule has 0 heterocycles. The van der Waals surface area contributed by atoms with Crippen molar-refractivity contribution in [3.8, 4) is 5.75 Å². The molecule has 72 valence electrons. The van der Waals surface area contributed by atoms with Gasteiger partial charge in [-0.25, -0.2) is 0 Å². The van der Waals surface area contributed by atoms with Crippen molar-refractivity contribution in [2.24, 2.45) is 0 Å². The van der Waals surface area contributed by atoms with Gasteiger partial charge in [-0.15, -0.1) is 11.6 Å². The lowest BCUT2D eigenvalue weighted by molar-refractivity contribution is 0.343. The first-order chi connectivity index (χ1) is 6.15. The molecule has 1 rings (SSSR count). The molecule has 5 heteroatoms. The average molecular weight is 241 g/mol. The van der Waals surface area contributed by atoms with Crippen LogP contribution in [0, 0.1) is 0 Å². The molecule has 0 aromatic heterocycles. The number of alkyl halides is 1. The molecular formula is C8H8Cl3NO. The number of halogens is 3. The highest BCUT2D eigenvalue weighted by Gasteiger charge is 2.04. The van der Waals surface area contributed by atoms with Gasteiger partial charge >= 0.3 is 0 Å². The van der Waals surface area contributed by atoms with Crippen molar-refractivity contribution in [1.82, 2.24) is 0 Å². The molecule has 1 aromatic carbocycles. The second-order valence-corrected chi connectivity index (χ2v) is 3.53.